The van der Waals surface area contributed by atoms with Crippen LogP contribution in [0, 0.1) is 0 Å². The minimum Gasteiger partial charge on any atom is -0.467 e. The molecule has 5 nitrogen and oxygen atoms in total. The van der Waals surface area contributed by atoms with Crippen LogP contribution in [0.4, 0.5) is 0 Å². The maximum atomic E-state index is 5.69. The highest BCUT2D eigenvalue weighted by atomic mass is 35.5. The molecule has 0 aliphatic heterocycles. The number of nitrogens with zero attached hydrogens (tertiary/aromatic N) is 3. The Labute approximate surface area is 92.8 Å². The second kappa shape index (κ2) is 4.61. The Morgan fingerprint density at radius 2 is 1.80 bits per heavy atom. The van der Waals surface area contributed by atoms with Crippen molar-refractivity contribution in [2.45, 2.75) is 31.8 Å². The van der Waals surface area contributed by atoms with Crippen LogP contribution in [0.3, 0.4) is 0 Å². The largest absolute Gasteiger partial charge is 0.467 e. The van der Waals surface area contributed by atoms with Crippen molar-refractivity contribution in [3.05, 3.63) is 5.28 Å². The Morgan fingerprint density at radius 1 is 1.13 bits per heavy atom. The van der Waals surface area contributed by atoms with Gasteiger partial charge in [0, 0.05) is 0 Å². The molecule has 1 aliphatic carbocycles. The van der Waals surface area contributed by atoms with Crippen molar-refractivity contribution in [2.24, 2.45) is 0 Å². The number of ether oxygens (including phenoxy) is 2. The van der Waals surface area contributed by atoms with Crippen molar-refractivity contribution in [3.8, 4) is 12.0 Å². The molecule has 15 heavy (non-hydrogen) atoms. The monoisotopic (exact) mass is 229 g/mol. The Hall–Kier alpha value is -1.10. The van der Waals surface area contributed by atoms with Gasteiger partial charge in [0.15, 0.2) is 0 Å². The molecule has 1 aromatic rings. The lowest BCUT2D eigenvalue weighted by Gasteiger charge is -2.10. The van der Waals surface area contributed by atoms with Crippen LogP contribution in [0.5, 0.6) is 12.0 Å². The van der Waals surface area contributed by atoms with E-state index in [0.29, 0.717) is 0 Å². The molecule has 0 N–H and O–H groups in total. The summed E-state index contributed by atoms with van der Waals surface area (Å²) < 4.78 is 10.4. The van der Waals surface area contributed by atoms with E-state index in [9.17, 15) is 0 Å². The molecule has 2 rings (SSSR count). The van der Waals surface area contributed by atoms with Gasteiger partial charge in [-0.25, -0.2) is 0 Å². The van der Waals surface area contributed by atoms with Crippen molar-refractivity contribution < 1.29 is 9.47 Å². The van der Waals surface area contributed by atoms with Crippen LogP contribution in [0.1, 0.15) is 25.7 Å². The summed E-state index contributed by atoms with van der Waals surface area (Å²) in [5, 5.41) is 0.0925. The first kappa shape index (κ1) is 10.4. The quantitative estimate of drug-likeness (QED) is 0.792. The number of rotatable bonds is 3. The Bertz CT molecular complexity index is 342. The maximum absolute atomic E-state index is 5.69. The molecular weight excluding hydrogens is 218 g/mol. The number of methoxy groups -OCH3 is 1. The molecule has 0 radical (unpaired) electrons. The highest BCUT2D eigenvalue weighted by molar-refractivity contribution is 6.28. The van der Waals surface area contributed by atoms with E-state index < -0.39 is 0 Å². The number of halogens is 1. The highest BCUT2D eigenvalue weighted by Gasteiger charge is 2.18. The van der Waals surface area contributed by atoms with Crippen LogP contribution >= 0.6 is 11.6 Å². The first-order valence-corrected chi connectivity index (χ1v) is 5.28. The van der Waals surface area contributed by atoms with Crippen molar-refractivity contribution in [3.63, 3.8) is 0 Å². The fraction of sp³-hybridized carbons (Fsp3) is 0.667. The average Bonchev–Trinajstić information content (AvgIpc) is 2.69. The van der Waals surface area contributed by atoms with E-state index in [1.54, 1.807) is 0 Å². The molecule has 1 heterocycles. The van der Waals surface area contributed by atoms with Crippen LogP contribution in [0.15, 0.2) is 0 Å². The van der Waals surface area contributed by atoms with E-state index in [2.05, 4.69) is 15.0 Å². The number of aromatic nitrogens is 3. The normalized spacial score (nSPS) is 16.7. The number of hydrogen-bond acceptors (Lipinski definition) is 5. The summed E-state index contributed by atoms with van der Waals surface area (Å²) in [6.07, 6.45) is 4.69. The summed E-state index contributed by atoms with van der Waals surface area (Å²) >= 11 is 5.69. The molecular formula is C9H12ClN3O2. The maximum Gasteiger partial charge on any atom is 0.324 e. The molecule has 0 unspecified atom stereocenters. The molecule has 1 saturated carbocycles. The molecule has 1 aromatic heterocycles. The van der Waals surface area contributed by atoms with E-state index in [1.165, 1.54) is 20.0 Å². The van der Waals surface area contributed by atoms with Gasteiger partial charge in [-0.05, 0) is 37.3 Å². The van der Waals surface area contributed by atoms with Gasteiger partial charge in [0.05, 0.1) is 7.11 Å². The van der Waals surface area contributed by atoms with Crippen molar-refractivity contribution in [1.82, 2.24) is 15.0 Å². The van der Waals surface area contributed by atoms with Gasteiger partial charge in [-0.3, -0.25) is 0 Å². The summed E-state index contributed by atoms with van der Waals surface area (Å²) in [7, 11) is 1.48. The van der Waals surface area contributed by atoms with Crippen LogP contribution in [-0.2, 0) is 0 Å². The van der Waals surface area contributed by atoms with E-state index in [0.717, 1.165) is 12.8 Å². The van der Waals surface area contributed by atoms with Crippen LogP contribution < -0.4 is 9.47 Å². The van der Waals surface area contributed by atoms with Gasteiger partial charge in [0.2, 0.25) is 5.28 Å². The van der Waals surface area contributed by atoms with Gasteiger partial charge in [-0.15, -0.1) is 4.98 Å². The first-order valence-electron chi connectivity index (χ1n) is 4.90. The molecule has 0 aromatic carbocycles. The fourth-order valence-corrected chi connectivity index (χ4v) is 1.76. The molecule has 1 fully saturated rings. The zero-order valence-corrected chi connectivity index (χ0v) is 9.20. The van der Waals surface area contributed by atoms with Gasteiger partial charge in [0.25, 0.3) is 0 Å². The zero-order valence-electron chi connectivity index (χ0n) is 8.44. The van der Waals surface area contributed by atoms with Gasteiger partial charge in [-0.1, -0.05) is 0 Å². The molecule has 0 amide bonds. The van der Waals surface area contributed by atoms with E-state index in [1.807, 2.05) is 0 Å². The van der Waals surface area contributed by atoms with E-state index in [4.69, 9.17) is 21.1 Å². The lowest BCUT2D eigenvalue weighted by molar-refractivity contribution is 0.188. The summed E-state index contributed by atoms with van der Waals surface area (Å²) in [6, 6.07) is 0.432. The summed E-state index contributed by atoms with van der Waals surface area (Å²) in [5.41, 5.74) is 0. The third kappa shape index (κ3) is 2.68. The molecule has 0 bridgehead atoms. The van der Waals surface area contributed by atoms with Crippen LogP contribution in [0.2, 0.25) is 5.28 Å². The smallest absolute Gasteiger partial charge is 0.324 e. The fourth-order valence-electron chi connectivity index (χ4n) is 1.61. The third-order valence-electron chi connectivity index (χ3n) is 2.32. The van der Waals surface area contributed by atoms with Gasteiger partial charge in [-0.2, -0.15) is 9.97 Å². The lowest BCUT2D eigenvalue weighted by atomic mass is 10.3. The van der Waals surface area contributed by atoms with E-state index in [-0.39, 0.29) is 23.4 Å². The molecule has 0 atom stereocenters. The Balaban J connectivity index is 2.09. The predicted octanol–water partition coefficient (Wildman–Crippen LogP) is 1.85. The van der Waals surface area contributed by atoms with Gasteiger partial charge < -0.3 is 9.47 Å². The minimum atomic E-state index is 0.0925. The number of hydrogen-bond donors (Lipinski definition) is 0. The third-order valence-corrected chi connectivity index (χ3v) is 2.49. The van der Waals surface area contributed by atoms with Gasteiger partial charge >= 0.3 is 12.0 Å². The van der Waals surface area contributed by atoms with Crippen LogP contribution in [0.25, 0.3) is 0 Å². The average molecular weight is 230 g/mol. The minimum absolute atomic E-state index is 0.0925. The van der Waals surface area contributed by atoms with Crippen molar-refractivity contribution in [2.75, 3.05) is 7.11 Å². The first-order chi connectivity index (χ1) is 7.28. The molecule has 6 heteroatoms. The lowest BCUT2D eigenvalue weighted by Crippen LogP contribution is -2.13. The van der Waals surface area contributed by atoms with Gasteiger partial charge in [0.1, 0.15) is 6.10 Å². The molecule has 1 aliphatic rings. The summed E-state index contributed by atoms with van der Waals surface area (Å²) in [4.78, 5) is 11.6. The van der Waals surface area contributed by atoms with E-state index >= 15 is 0 Å². The predicted molar refractivity (Wildman–Crippen MR) is 54.3 cm³/mol. The standard InChI is InChI=1S/C9H12ClN3O2/c1-14-8-11-7(10)12-9(13-8)15-6-4-2-3-5-6/h6H,2-5H2,1H3. The topological polar surface area (TPSA) is 57.1 Å². The zero-order chi connectivity index (χ0) is 10.7. The van der Waals surface area contributed by atoms with Crippen LogP contribution in [-0.4, -0.2) is 28.2 Å². The van der Waals surface area contributed by atoms with Crippen molar-refractivity contribution in [1.29, 1.82) is 0 Å². The SMILES string of the molecule is COc1nc(Cl)nc(OC2CCCC2)n1. The Kier molecular flexibility index (Phi) is 3.20. The highest BCUT2D eigenvalue weighted by Crippen LogP contribution is 2.23. The second-order valence-corrected chi connectivity index (χ2v) is 3.74. The molecule has 82 valence electrons. The molecule has 0 saturated heterocycles. The summed E-state index contributed by atoms with van der Waals surface area (Å²) in [6.45, 7) is 0. The van der Waals surface area contributed by atoms with Crippen molar-refractivity contribution >= 4 is 11.6 Å². The molecule has 0 spiro atoms. The Morgan fingerprint density at radius 3 is 2.47 bits per heavy atom. The second-order valence-electron chi connectivity index (χ2n) is 3.40. The summed E-state index contributed by atoms with van der Waals surface area (Å²) in [5.74, 6) is 0.